The van der Waals surface area contributed by atoms with Crippen LogP contribution < -0.4 is 5.32 Å². The number of thiazole rings is 1. The fourth-order valence-electron chi connectivity index (χ4n) is 2.37. The van der Waals surface area contributed by atoms with E-state index in [1.54, 1.807) is 0 Å². The van der Waals surface area contributed by atoms with Gasteiger partial charge in [0.2, 0.25) is 5.91 Å². The summed E-state index contributed by atoms with van der Waals surface area (Å²) in [5, 5.41) is 14.4. The summed E-state index contributed by atoms with van der Waals surface area (Å²) in [7, 11) is 0. The number of hydrogen-bond acceptors (Lipinski definition) is 6. The third kappa shape index (κ3) is 4.08. The van der Waals surface area contributed by atoms with Gasteiger partial charge in [-0.15, -0.1) is 21.5 Å². The van der Waals surface area contributed by atoms with Gasteiger partial charge in [-0.2, -0.15) is 0 Å². The summed E-state index contributed by atoms with van der Waals surface area (Å²) in [5.41, 5.74) is 4.25. The number of benzene rings is 1. The number of carbonyl (C=O) groups is 1. The van der Waals surface area contributed by atoms with Crippen LogP contribution in [0, 0.1) is 27.7 Å². The first-order valence-corrected chi connectivity index (χ1v) is 9.65. The second-order valence-electron chi connectivity index (χ2n) is 5.79. The molecule has 0 unspecified atom stereocenters. The van der Waals surface area contributed by atoms with E-state index in [2.05, 4.69) is 52.5 Å². The minimum absolute atomic E-state index is 0.104. The van der Waals surface area contributed by atoms with Gasteiger partial charge in [-0.3, -0.25) is 9.36 Å². The lowest BCUT2D eigenvalue weighted by Gasteiger charge is -2.12. The zero-order chi connectivity index (χ0) is 18.0. The van der Waals surface area contributed by atoms with Gasteiger partial charge < -0.3 is 5.32 Å². The van der Waals surface area contributed by atoms with Crippen molar-refractivity contribution in [2.45, 2.75) is 32.9 Å². The van der Waals surface area contributed by atoms with Crippen molar-refractivity contribution in [2.24, 2.45) is 0 Å². The van der Waals surface area contributed by atoms with E-state index in [4.69, 9.17) is 0 Å². The summed E-state index contributed by atoms with van der Waals surface area (Å²) in [4.78, 5) is 16.4. The fraction of sp³-hybridized carbons (Fsp3) is 0.294. The molecular formula is C17H19N5OS2. The Morgan fingerprint density at radius 1 is 1.24 bits per heavy atom. The molecule has 2 aromatic heterocycles. The van der Waals surface area contributed by atoms with Gasteiger partial charge in [0.05, 0.1) is 17.1 Å². The van der Waals surface area contributed by atoms with Crippen LogP contribution in [-0.4, -0.2) is 31.4 Å². The maximum absolute atomic E-state index is 12.1. The number of aromatic nitrogens is 4. The molecule has 1 aromatic carbocycles. The molecule has 2 heterocycles. The van der Waals surface area contributed by atoms with Gasteiger partial charge in [-0.05, 0) is 44.9 Å². The highest BCUT2D eigenvalue weighted by Crippen LogP contribution is 2.25. The number of aryl methyl sites for hydroxylation is 4. The molecule has 1 amide bonds. The van der Waals surface area contributed by atoms with Crippen molar-refractivity contribution < 1.29 is 4.79 Å². The van der Waals surface area contributed by atoms with E-state index in [9.17, 15) is 4.79 Å². The SMILES string of the molecule is Cc1ccc(C)c(-n2c(C)nnc2SCC(=O)Nc2nc(C)cs2)c1. The number of rotatable bonds is 5. The summed E-state index contributed by atoms with van der Waals surface area (Å²) in [6, 6.07) is 6.26. The summed E-state index contributed by atoms with van der Waals surface area (Å²) in [6.07, 6.45) is 0. The maximum Gasteiger partial charge on any atom is 0.236 e. The predicted octanol–water partition coefficient (Wildman–Crippen LogP) is 3.69. The van der Waals surface area contributed by atoms with Crippen LogP contribution in [0.15, 0.2) is 28.7 Å². The Bertz CT molecular complexity index is 916. The van der Waals surface area contributed by atoms with Crippen LogP contribution in [-0.2, 0) is 4.79 Å². The second kappa shape index (κ2) is 7.37. The molecule has 0 aliphatic carbocycles. The van der Waals surface area contributed by atoms with Crippen LogP contribution in [0.4, 0.5) is 5.13 Å². The largest absolute Gasteiger partial charge is 0.301 e. The molecule has 0 bridgehead atoms. The van der Waals surface area contributed by atoms with Crippen molar-refractivity contribution in [3.63, 3.8) is 0 Å². The van der Waals surface area contributed by atoms with Crippen molar-refractivity contribution in [3.05, 3.63) is 46.2 Å². The quantitative estimate of drug-likeness (QED) is 0.691. The molecule has 0 aliphatic heterocycles. The average molecular weight is 374 g/mol. The number of amides is 1. The Balaban J connectivity index is 1.75. The molecule has 0 saturated carbocycles. The van der Waals surface area contributed by atoms with Gasteiger partial charge in [-0.1, -0.05) is 23.9 Å². The highest BCUT2D eigenvalue weighted by molar-refractivity contribution is 7.99. The number of nitrogens with zero attached hydrogens (tertiary/aromatic N) is 4. The van der Waals surface area contributed by atoms with E-state index < -0.39 is 0 Å². The van der Waals surface area contributed by atoms with Crippen LogP contribution >= 0.6 is 23.1 Å². The van der Waals surface area contributed by atoms with E-state index in [-0.39, 0.29) is 11.7 Å². The number of nitrogens with one attached hydrogen (secondary N) is 1. The van der Waals surface area contributed by atoms with Crippen LogP contribution in [0.3, 0.4) is 0 Å². The molecule has 3 aromatic rings. The van der Waals surface area contributed by atoms with Crippen molar-refractivity contribution in [3.8, 4) is 5.69 Å². The highest BCUT2D eigenvalue weighted by Gasteiger charge is 2.15. The normalized spacial score (nSPS) is 10.9. The minimum Gasteiger partial charge on any atom is -0.301 e. The second-order valence-corrected chi connectivity index (χ2v) is 7.59. The van der Waals surface area contributed by atoms with E-state index in [0.717, 1.165) is 22.8 Å². The van der Waals surface area contributed by atoms with Gasteiger partial charge in [0, 0.05) is 5.38 Å². The molecule has 0 aliphatic rings. The molecule has 1 N–H and O–H groups in total. The van der Waals surface area contributed by atoms with Gasteiger partial charge in [-0.25, -0.2) is 4.98 Å². The lowest BCUT2D eigenvalue weighted by atomic mass is 10.1. The first kappa shape index (κ1) is 17.6. The molecular weight excluding hydrogens is 354 g/mol. The summed E-state index contributed by atoms with van der Waals surface area (Å²) in [5.74, 6) is 0.946. The number of anilines is 1. The van der Waals surface area contributed by atoms with Gasteiger partial charge in [0.15, 0.2) is 10.3 Å². The van der Waals surface area contributed by atoms with Crippen molar-refractivity contribution >= 4 is 34.1 Å². The third-order valence-corrected chi connectivity index (χ3v) is 5.40. The number of carbonyl (C=O) groups excluding carboxylic acids is 1. The lowest BCUT2D eigenvalue weighted by Crippen LogP contribution is -2.14. The molecule has 130 valence electrons. The van der Waals surface area contributed by atoms with Crippen LogP contribution in [0.1, 0.15) is 22.6 Å². The van der Waals surface area contributed by atoms with Crippen molar-refractivity contribution in [2.75, 3.05) is 11.1 Å². The molecule has 6 nitrogen and oxygen atoms in total. The Hall–Kier alpha value is -2.19. The first-order valence-electron chi connectivity index (χ1n) is 7.78. The molecule has 0 fully saturated rings. The van der Waals surface area contributed by atoms with E-state index in [1.807, 2.05) is 23.8 Å². The molecule has 0 saturated heterocycles. The van der Waals surface area contributed by atoms with Crippen molar-refractivity contribution in [1.82, 2.24) is 19.7 Å². The molecule has 3 rings (SSSR count). The Morgan fingerprint density at radius 2 is 2.04 bits per heavy atom. The van der Waals surface area contributed by atoms with E-state index in [0.29, 0.717) is 10.3 Å². The van der Waals surface area contributed by atoms with E-state index in [1.165, 1.54) is 28.7 Å². The molecule has 0 radical (unpaired) electrons. The Morgan fingerprint density at radius 3 is 2.76 bits per heavy atom. The van der Waals surface area contributed by atoms with Gasteiger partial charge >= 0.3 is 0 Å². The topological polar surface area (TPSA) is 72.7 Å². The monoisotopic (exact) mass is 373 g/mol. The zero-order valence-electron chi connectivity index (χ0n) is 14.5. The summed E-state index contributed by atoms with van der Waals surface area (Å²) < 4.78 is 1.99. The standard InChI is InChI=1S/C17H19N5OS2/c1-10-5-6-11(2)14(7-10)22-13(4)20-21-17(22)25-9-15(23)19-16-18-12(3)8-24-16/h5-8H,9H2,1-4H3,(H,18,19,23). The minimum atomic E-state index is -0.104. The average Bonchev–Trinajstić information content (AvgIpc) is 3.13. The van der Waals surface area contributed by atoms with Crippen molar-refractivity contribution in [1.29, 1.82) is 0 Å². The zero-order valence-corrected chi connectivity index (χ0v) is 16.2. The van der Waals surface area contributed by atoms with Crippen LogP contribution in [0.25, 0.3) is 5.69 Å². The smallest absolute Gasteiger partial charge is 0.236 e. The fourth-order valence-corrected chi connectivity index (χ4v) is 3.87. The van der Waals surface area contributed by atoms with Crippen LogP contribution in [0.5, 0.6) is 0 Å². The molecule has 0 atom stereocenters. The Kier molecular flexibility index (Phi) is 5.19. The molecule has 0 spiro atoms. The third-order valence-electron chi connectivity index (χ3n) is 3.60. The summed E-state index contributed by atoms with van der Waals surface area (Å²) >= 11 is 2.79. The number of hydrogen-bond donors (Lipinski definition) is 1. The van der Waals surface area contributed by atoms with Gasteiger partial charge in [0.25, 0.3) is 0 Å². The summed E-state index contributed by atoms with van der Waals surface area (Å²) in [6.45, 7) is 7.92. The molecule has 8 heteroatoms. The van der Waals surface area contributed by atoms with Gasteiger partial charge in [0.1, 0.15) is 5.82 Å². The number of thioether (sulfide) groups is 1. The van der Waals surface area contributed by atoms with E-state index >= 15 is 0 Å². The predicted molar refractivity (Wildman–Crippen MR) is 102 cm³/mol. The maximum atomic E-state index is 12.1. The lowest BCUT2D eigenvalue weighted by molar-refractivity contribution is -0.113. The first-order chi connectivity index (χ1) is 11.9. The van der Waals surface area contributed by atoms with Crippen LogP contribution in [0.2, 0.25) is 0 Å². The Labute approximate surface area is 154 Å². The highest BCUT2D eigenvalue weighted by atomic mass is 32.2. The molecule has 25 heavy (non-hydrogen) atoms.